The number of amides is 1. The summed E-state index contributed by atoms with van der Waals surface area (Å²) in [6.07, 6.45) is 0.525. The molecule has 5 heteroatoms. The van der Waals surface area contributed by atoms with Crippen molar-refractivity contribution >= 4 is 39.0 Å². The molecule has 0 unspecified atom stereocenters. The Morgan fingerprint density at radius 3 is 2.53 bits per heavy atom. The third-order valence-corrected chi connectivity index (χ3v) is 2.50. The largest absolute Gasteiger partial charge is 0.393 e. The number of carbonyl (C=O) groups is 1. The lowest BCUT2D eigenvalue weighted by Gasteiger charge is -2.04. The van der Waals surface area contributed by atoms with Gasteiger partial charge in [-0.05, 0) is 24.3 Å². The number of halogens is 1. The van der Waals surface area contributed by atoms with Gasteiger partial charge in [0, 0.05) is 23.0 Å². The molecule has 15 heavy (non-hydrogen) atoms. The highest BCUT2D eigenvalue weighted by atomic mass is 79.9. The molecule has 0 spiro atoms. The molecule has 0 aliphatic carbocycles. The highest BCUT2D eigenvalue weighted by molar-refractivity contribution is 9.10. The van der Waals surface area contributed by atoms with Crippen LogP contribution in [-0.4, -0.2) is 17.4 Å². The zero-order chi connectivity index (χ0) is 11.3. The van der Waals surface area contributed by atoms with E-state index < -0.39 is 0 Å². The second-order valence-electron chi connectivity index (χ2n) is 2.98. The van der Waals surface area contributed by atoms with E-state index >= 15 is 0 Å². The van der Waals surface area contributed by atoms with Gasteiger partial charge < -0.3 is 11.1 Å². The summed E-state index contributed by atoms with van der Waals surface area (Å²) >= 11 is 8.00. The number of carbonyl (C=O) groups excluding carboxylic acids is 1. The van der Waals surface area contributed by atoms with Crippen molar-refractivity contribution in [3.05, 3.63) is 34.3 Å². The first-order valence-corrected chi connectivity index (χ1v) is 5.62. The minimum atomic E-state index is -0.112. The monoisotopic (exact) mass is 286 g/mol. The van der Waals surface area contributed by atoms with Crippen molar-refractivity contribution in [3.63, 3.8) is 0 Å². The molecule has 0 aromatic heterocycles. The first kappa shape index (κ1) is 12.1. The maximum absolute atomic E-state index is 11.5. The molecule has 0 saturated carbocycles. The fourth-order valence-corrected chi connectivity index (χ4v) is 1.37. The van der Waals surface area contributed by atoms with E-state index in [9.17, 15) is 4.79 Å². The molecule has 0 bridgehead atoms. The van der Waals surface area contributed by atoms with Crippen LogP contribution in [0.5, 0.6) is 0 Å². The van der Waals surface area contributed by atoms with E-state index in [1.165, 1.54) is 0 Å². The maximum atomic E-state index is 11.5. The standard InChI is InChI=1S/C10H11BrN2OS/c11-8-3-1-7(2-4-8)10(14)13-6-5-9(12)15/h1-4H,5-6H2,(H2,12,15)(H,13,14). The average Bonchev–Trinajstić information content (AvgIpc) is 2.18. The predicted molar refractivity (Wildman–Crippen MR) is 67.9 cm³/mol. The predicted octanol–water partition coefficient (Wildman–Crippen LogP) is 1.86. The van der Waals surface area contributed by atoms with Crippen LogP contribution in [0.1, 0.15) is 16.8 Å². The molecule has 1 rings (SSSR count). The number of hydrogen-bond acceptors (Lipinski definition) is 2. The first-order valence-electron chi connectivity index (χ1n) is 4.41. The van der Waals surface area contributed by atoms with Crippen molar-refractivity contribution in [2.45, 2.75) is 6.42 Å². The Hall–Kier alpha value is -0.940. The number of benzene rings is 1. The quantitative estimate of drug-likeness (QED) is 0.831. The number of thiocarbonyl (C=S) groups is 1. The molecule has 3 N–H and O–H groups in total. The van der Waals surface area contributed by atoms with Gasteiger partial charge in [0.1, 0.15) is 0 Å². The Morgan fingerprint density at radius 1 is 1.40 bits per heavy atom. The third-order valence-electron chi connectivity index (χ3n) is 1.76. The van der Waals surface area contributed by atoms with Crippen molar-refractivity contribution in [2.24, 2.45) is 5.73 Å². The fraction of sp³-hybridized carbons (Fsp3) is 0.200. The molecule has 0 radical (unpaired) electrons. The number of nitrogens with one attached hydrogen (secondary N) is 1. The van der Waals surface area contributed by atoms with E-state index in [1.807, 2.05) is 12.1 Å². The van der Waals surface area contributed by atoms with Gasteiger partial charge in [-0.1, -0.05) is 28.1 Å². The van der Waals surface area contributed by atoms with Crippen LogP contribution in [0.25, 0.3) is 0 Å². The summed E-state index contributed by atoms with van der Waals surface area (Å²) < 4.78 is 0.946. The van der Waals surface area contributed by atoms with Crippen LogP contribution in [-0.2, 0) is 0 Å². The lowest BCUT2D eigenvalue weighted by atomic mass is 10.2. The van der Waals surface area contributed by atoms with Crippen molar-refractivity contribution in [1.82, 2.24) is 5.32 Å². The summed E-state index contributed by atoms with van der Waals surface area (Å²) in [6, 6.07) is 7.14. The smallest absolute Gasteiger partial charge is 0.251 e. The Balaban J connectivity index is 2.47. The molecule has 1 aromatic carbocycles. The summed E-state index contributed by atoms with van der Waals surface area (Å²) in [7, 11) is 0. The van der Waals surface area contributed by atoms with Crippen molar-refractivity contribution < 1.29 is 4.79 Å². The van der Waals surface area contributed by atoms with Crippen molar-refractivity contribution in [3.8, 4) is 0 Å². The number of rotatable bonds is 4. The molecule has 1 amide bonds. The highest BCUT2D eigenvalue weighted by Crippen LogP contribution is 2.10. The normalized spacial score (nSPS) is 9.67. The van der Waals surface area contributed by atoms with Crippen LogP contribution in [0.3, 0.4) is 0 Å². The van der Waals surface area contributed by atoms with E-state index in [0.29, 0.717) is 23.5 Å². The molecule has 0 fully saturated rings. The molecular formula is C10H11BrN2OS. The first-order chi connectivity index (χ1) is 7.09. The molecule has 0 atom stereocenters. The molecule has 80 valence electrons. The Morgan fingerprint density at radius 2 is 2.00 bits per heavy atom. The second kappa shape index (κ2) is 5.82. The van der Waals surface area contributed by atoms with Crippen LogP contribution >= 0.6 is 28.1 Å². The van der Waals surface area contributed by atoms with Crippen LogP contribution in [0, 0.1) is 0 Å². The molecule has 0 heterocycles. The molecule has 0 saturated heterocycles. The SMILES string of the molecule is NC(=S)CCNC(=O)c1ccc(Br)cc1. The lowest BCUT2D eigenvalue weighted by Crippen LogP contribution is -2.27. The summed E-state index contributed by atoms with van der Waals surface area (Å²) in [5.41, 5.74) is 5.94. The molecular weight excluding hydrogens is 276 g/mol. The van der Waals surface area contributed by atoms with E-state index in [4.69, 9.17) is 18.0 Å². The molecule has 3 nitrogen and oxygen atoms in total. The van der Waals surface area contributed by atoms with Gasteiger partial charge >= 0.3 is 0 Å². The lowest BCUT2D eigenvalue weighted by molar-refractivity contribution is 0.0955. The van der Waals surface area contributed by atoms with Gasteiger partial charge in [-0.15, -0.1) is 0 Å². The van der Waals surface area contributed by atoms with Crippen molar-refractivity contribution in [1.29, 1.82) is 0 Å². The van der Waals surface area contributed by atoms with Gasteiger partial charge in [0.2, 0.25) is 0 Å². The van der Waals surface area contributed by atoms with Gasteiger partial charge in [0.15, 0.2) is 0 Å². The van der Waals surface area contributed by atoms with E-state index in [0.717, 1.165) is 4.47 Å². The summed E-state index contributed by atoms with van der Waals surface area (Å²) in [4.78, 5) is 11.9. The van der Waals surface area contributed by atoms with Gasteiger partial charge in [-0.2, -0.15) is 0 Å². The topological polar surface area (TPSA) is 55.1 Å². The van der Waals surface area contributed by atoms with Crippen LogP contribution < -0.4 is 11.1 Å². The molecule has 1 aromatic rings. The minimum Gasteiger partial charge on any atom is -0.393 e. The Bertz CT molecular complexity index is 364. The summed E-state index contributed by atoms with van der Waals surface area (Å²) in [5.74, 6) is -0.112. The second-order valence-corrected chi connectivity index (χ2v) is 4.42. The zero-order valence-corrected chi connectivity index (χ0v) is 10.4. The summed E-state index contributed by atoms with van der Waals surface area (Å²) in [6.45, 7) is 0.476. The fourth-order valence-electron chi connectivity index (χ4n) is 1.00. The number of nitrogens with two attached hydrogens (primary N) is 1. The van der Waals surface area contributed by atoms with Crippen molar-refractivity contribution in [2.75, 3.05) is 6.54 Å². The minimum absolute atomic E-state index is 0.112. The molecule has 0 aliphatic heterocycles. The summed E-state index contributed by atoms with van der Waals surface area (Å²) in [5, 5.41) is 2.73. The average molecular weight is 287 g/mol. The van der Waals surface area contributed by atoms with Crippen LogP contribution in [0.2, 0.25) is 0 Å². The highest BCUT2D eigenvalue weighted by Gasteiger charge is 2.03. The third kappa shape index (κ3) is 4.40. The van der Waals surface area contributed by atoms with E-state index in [1.54, 1.807) is 12.1 Å². The van der Waals surface area contributed by atoms with Gasteiger partial charge in [0.05, 0.1) is 4.99 Å². The van der Waals surface area contributed by atoms with E-state index in [2.05, 4.69) is 21.2 Å². The number of hydrogen-bond donors (Lipinski definition) is 2. The maximum Gasteiger partial charge on any atom is 0.251 e. The van der Waals surface area contributed by atoms with Gasteiger partial charge in [-0.3, -0.25) is 4.79 Å². The molecule has 0 aliphatic rings. The zero-order valence-electron chi connectivity index (χ0n) is 8.00. The van der Waals surface area contributed by atoms with Crippen LogP contribution in [0.4, 0.5) is 0 Å². The van der Waals surface area contributed by atoms with E-state index in [-0.39, 0.29) is 5.91 Å². The van der Waals surface area contributed by atoms with Crippen LogP contribution in [0.15, 0.2) is 28.7 Å². The van der Waals surface area contributed by atoms with Gasteiger partial charge in [-0.25, -0.2) is 0 Å². The Kier molecular flexibility index (Phi) is 4.71. The Labute approximate surface area is 102 Å². The van der Waals surface area contributed by atoms with Gasteiger partial charge in [0.25, 0.3) is 5.91 Å².